The van der Waals surface area contributed by atoms with Crippen molar-refractivity contribution in [2.45, 2.75) is 31.0 Å². The first-order chi connectivity index (χ1) is 19.8. The number of carbonyl (C=O) groups is 1. The minimum Gasteiger partial charge on any atom is -0.410 e. The predicted molar refractivity (Wildman–Crippen MR) is 158 cm³/mol. The molecule has 1 amide bonds. The monoisotopic (exact) mass is 566 g/mol. The van der Waals surface area contributed by atoms with Crippen molar-refractivity contribution in [2.24, 2.45) is 5.16 Å². The van der Waals surface area contributed by atoms with Gasteiger partial charge in [-0.25, -0.2) is 8.42 Å². The van der Waals surface area contributed by atoms with E-state index in [1.54, 1.807) is 12.1 Å². The van der Waals surface area contributed by atoms with Gasteiger partial charge in [-0.3, -0.25) is 4.79 Å². The fourth-order valence-corrected chi connectivity index (χ4v) is 7.04. The standard InChI is InChI=1S/C32H30N4O4S/c1-35-17-16-26-27(18-28-30(29(26)21-35)33-32(37)31(28)34-38)24-12-14-25(15-13-24)41(39,40)36(19-22-8-4-2-5-9-22)20-23-10-6-3-7-11-23/h2-15,18,38H,16-17,19-21H2,1H3,(H,33,34,37). The molecule has 0 aromatic heterocycles. The van der Waals surface area contributed by atoms with Gasteiger partial charge in [-0.2, -0.15) is 4.31 Å². The molecule has 2 N–H and O–H groups in total. The van der Waals surface area contributed by atoms with Crippen LogP contribution in [0.3, 0.4) is 0 Å². The third-order valence-corrected chi connectivity index (χ3v) is 9.54. The smallest absolute Gasteiger partial charge is 0.278 e. The van der Waals surface area contributed by atoms with Gasteiger partial charge in [0.1, 0.15) is 0 Å². The van der Waals surface area contributed by atoms with Crippen LogP contribution in [0, 0.1) is 0 Å². The van der Waals surface area contributed by atoms with E-state index >= 15 is 0 Å². The van der Waals surface area contributed by atoms with E-state index in [4.69, 9.17) is 0 Å². The first kappa shape index (κ1) is 26.9. The van der Waals surface area contributed by atoms with Crippen LogP contribution in [-0.4, -0.2) is 48.0 Å². The molecule has 0 unspecified atom stereocenters. The summed E-state index contributed by atoms with van der Waals surface area (Å²) in [5.74, 6) is -0.437. The van der Waals surface area contributed by atoms with Crippen LogP contribution in [0.4, 0.5) is 5.69 Å². The van der Waals surface area contributed by atoms with E-state index in [-0.39, 0.29) is 23.7 Å². The van der Waals surface area contributed by atoms with Crippen LogP contribution in [0.2, 0.25) is 0 Å². The molecule has 0 spiro atoms. The third-order valence-electron chi connectivity index (χ3n) is 7.74. The fraction of sp³-hybridized carbons (Fsp3) is 0.188. The fourth-order valence-electron chi connectivity index (χ4n) is 5.63. The molecule has 2 aliphatic rings. The quantitative estimate of drug-likeness (QED) is 0.246. The van der Waals surface area contributed by atoms with E-state index in [9.17, 15) is 18.4 Å². The van der Waals surface area contributed by atoms with Crippen LogP contribution in [0.5, 0.6) is 0 Å². The zero-order chi connectivity index (χ0) is 28.6. The van der Waals surface area contributed by atoms with Crippen LogP contribution in [0.1, 0.15) is 27.8 Å². The average molecular weight is 567 g/mol. The Morgan fingerprint density at radius 3 is 2.07 bits per heavy atom. The van der Waals surface area contributed by atoms with E-state index in [0.29, 0.717) is 17.8 Å². The van der Waals surface area contributed by atoms with E-state index in [2.05, 4.69) is 15.4 Å². The Morgan fingerprint density at radius 1 is 0.878 bits per heavy atom. The maximum Gasteiger partial charge on any atom is 0.278 e. The van der Waals surface area contributed by atoms with Crippen LogP contribution >= 0.6 is 0 Å². The molecular weight excluding hydrogens is 536 g/mol. The number of carbonyl (C=O) groups excluding carboxylic acids is 1. The number of sulfonamides is 1. The number of oxime groups is 1. The lowest BCUT2D eigenvalue weighted by Crippen LogP contribution is -2.30. The minimum absolute atomic E-state index is 0.0195. The molecule has 8 nitrogen and oxygen atoms in total. The summed E-state index contributed by atoms with van der Waals surface area (Å²) in [5, 5.41) is 15.7. The number of anilines is 1. The number of rotatable bonds is 7. The Labute approximate surface area is 239 Å². The van der Waals surface area contributed by atoms with E-state index in [0.717, 1.165) is 46.3 Å². The lowest BCUT2D eigenvalue weighted by molar-refractivity contribution is -0.110. The topological polar surface area (TPSA) is 102 Å². The molecule has 6 rings (SSSR count). The zero-order valence-electron chi connectivity index (χ0n) is 22.6. The Kier molecular flexibility index (Phi) is 7.17. The molecule has 0 aliphatic carbocycles. The Balaban J connectivity index is 1.38. The predicted octanol–water partition coefficient (Wildman–Crippen LogP) is 4.86. The molecule has 4 aromatic rings. The first-order valence-corrected chi connectivity index (χ1v) is 14.9. The lowest BCUT2D eigenvalue weighted by Gasteiger charge is -2.29. The molecule has 41 heavy (non-hydrogen) atoms. The number of fused-ring (bicyclic) bond motifs is 3. The number of likely N-dealkylation sites (N-methyl/N-ethyl adjacent to an activating group) is 1. The van der Waals surface area contributed by atoms with Crippen molar-refractivity contribution in [1.29, 1.82) is 0 Å². The van der Waals surface area contributed by atoms with Crippen molar-refractivity contribution in [2.75, 3.05) is 18.9 Å². The van der Waals surface area contributed by atoms with Crippen LogP contribution in [0.15, 0.2) is 101 Å². The van der Waals surface area contributed by atoms with Gasteiger partial charge in [-0.1, -0.05) is 78.0 Å². The second-order valence-electron chi connectivity index (χ2n) is 10.5. The lowest BCUT2D eigenvalue weighted by atomic mass is 9.87. The normalized spacial score (nSPS) is 16.0. The van der Waals surface area contributed by atoms with Gasteiger partial charge in [0.25, 0.3) is 5.91 Å². The largest absolute Gasteiger partial charge is 0.410 e. The highest BCUT2D eigenvalue weighted by molar-refractivity contribution is 7.89. The molecule has 0 bridgehead atoms. The van der Waals surface area contributed by atoms with Crippen LogP contribution < -0.4 is 5.32 Å². The van der Waals surface area contributed by atoms with Crippen molar-refractivity contribution in [3.05, 3.63) is 119 Å². The Morgan fingerprint density at radius 2 is 1.49 bits per heavy atom. The highest BCUT2D eigenvalue weighted by Crippen LogP contribution is 2.40. The SMILES string of the molecule is CN1CCc2c(-c3ccc(S(=O)(=O)N(Cc4ccccc4)Cc4ccccc4)cc3)cc3c(c2C1)NC(=O)/C3=N\O. The average Bonchev–Trinajstić information content (AvgIpc) is 3.32. The summed E-state index contributed by atoms with van der Waals surface area (Å²) in [4.78, 5) is 14.9. The van der Waals surface area contributed by atoms with Crippen molar-refractivity contribution in [3.8, 4) is 11.1 Å². The number of amides is 1. The van der Waals surface area contributed by atoms with E-state index in [1.807, 2.05) is 85.9 Å². The molecule has 0 fully saturated rings. The molecule has 4 aromatic carbocycles. The van der Waals surface area contributed by atoms with E-state index < -0.39 is 15.9 Å². The highest BCUT2D eigenvalue weighted by atomic mass is 32.2. The molecule has 208 valence electrons. The Bertz CT molecular complexity index is 1700. The molecule has 9 heteroatoms. The summed E-state index contributed by atoms with van der Waals surface area (Å²) in [5.41, 5.74) is 6.86. The van der Waals surface area contributed by atoms with Gasteiger partial charge in [0, 0.05) is 31.7 Å². The maximum absolute atomic E-state index is 14.0. The molecule has 0 saturated carbocycles. The number of benzene rings is 4. The summed E-state index contributed by atoms with van der Waals surface area (Å²) >= 11 is 0. The minimum atomic E-state index is -3.83. The number of hydrogen-bond acceptors (Lipinski definition) is 6. The van der Waals surface area contributed by atoms with Crippen LogP contribution in [0.25, 0.3) is 11.1 Å². The summed E-state index contributed by atoms with van der Waals surface area (Å²) in [7, 11) is -1.81. The number of nitrogens with zero attached hydrogens (tertiary/aromatic N) is 3. The summed E-state index contributed by atoms with van der Waals surface area (Å²) < 4.78 is 29.4. The van der Waals surface area contributed by atoms with E-state index in [1.165, 1.54) is 4.31 Å². The zero-order valence-corrected chi connectivity index (χ0v) is 23.4. The van der Waals surface area contributed by atoms with Gasteiger partial charge < -0.3 is 15.4 Å². The maximum atomic E-state index is 14.0. The molecule has 0 atom stereocenters. The highest BCUT2D eigenvalue weighted by Gasteiger charge is 2.33. The second-order valence-corrected chi connectivity index (χ2v) is 12.4. The Hall–Kier alpha value is -4.31. The molecule has 0 saturated heterocycles. The van der Waals surface area contributed by atoms with Crippen molar-refractivity contribution >= 4 is 27.3 Å². The molecule has 2 aliphatic heterocycles. The van der Waals surface area contributed by atoms with Gasteiger partial charge in [-0.05, 0) is 65.0 Å². The summed E-state index contributed by atoms with van der Waals surface area (Å²) in [6.45, 7) is 1.99. The van der Waals surface area contributed by atoms with Crippen LogP contribution in [-0.2, 0) is 40.9 Å². The van der Waals surface area contributed by atoms with Gasteiger partial charge in [0.15, 0.2) is 5.71 Å². The summed E-state index contributed by atoms with van der Waals surface area (Å²) in [6, 6.07) is 27.9. The van der Waals surface area contributed by atoms with Crippen molar-refractivity contribution in [3.63, 3.8) is 0 Å². The van der Waals surface area contributed by atoms with Crippen molar-refractivity contribution < 1.29 is 18.4 Å². The van der Waals surface area contributed by atoms with Gasteiger partial charge in [0.05, 0.1) is 10.6 Å². The van der Waals surface area contributed by atoms with Gasteiger partial charge >= 0.3 is 0 Å². The second kappa shape index (κ2) is 10.9. The van der Waals surface area contributed by atoms with Gasteiger partial charge in [-0.15, -0.1) is 0 Å². The first-order valence-electron chi connectivity index (χ1n) is 13.4. The molecule has 2 heterocycles. The molecule has 0 radical (unpaired) electrons. The van der Waals surface area contributed by atoms with Gasteiger partial charge in [0.2, 0.25) is 10.0 Å². The molecular formula is C32H30N4O4S. The summed E-state index contributed by atoms with van der Waals surface area (Å²) in [6.07, 6.45) is 0.776. The third kappa shape index (κ3) is 5.15. The number of hydrogen-bond donors (Lipinski definition) is 2. The number of nitrogens with one attached hydrogen (secondary N) is 1. The van der Waals surface area contributed by atoms with Crippen molar-refractivity contribution in [1.82, 2.24) is 9.21 Å².